The average Bonchev–Trinajstić information content (AvgIpc) is 3.25. The van der Waals surface area contributed by atoms with Gasteiger partial charge in [-0.3, -0.25) is 4.79 Å². The molecule has 148 valence electrons. The Morgan fingerprint density at radius 2 is 2.00 bits per heavy atom. The molecule has 7 heteroatoms. The van der Waals surface area contributed by atoms with Gasteiger partial charge in [0.25, 0.3) is 5.91 Å². The third-order valence-corrected chi connectivity index (χ3v) is 7.13. The molecule has 0 bridgehead atoms. The van der Waals surface area contributed by atoms with E-state index in [1.807, 2.05) is 19.1 Å². The number of unbranched alkanes of at least 4 members (excludes halogenated alkanes) is 1. The van der Waals surface area contributed by atoms with Gasteiger partial charge in [-0.05, 0) is 55.4 Å². The van der Waals surface area contributed by atoms with Crippen LogP contribution in [0.15, 0.2) is 18.2 Å². The molecule has 0 saturated carbocycles. The molecule has 0 spiro atoms. The summed E-state index contributed by atoms with van der Waals surface area (Å²) in [5.41, 5.74) is 2.92. The van der Waals surface area contributed by atoms with Crippen molar-refractivity contribution < 1.29 is 22.7 Å². The van der Waals surface area contributed by atoms with E-state index in [2.05, 4.69) is 0 Å². The van der Waals surface area contributed by atoms with E-state index in [1.54, 1.807) is 11.0 Å². The second-order valence-corrected chi connectivity index (χ2v) is 9.64. The molecule has 1 unspecified atom stereocenters. The Hall–Kier alpha value is -1.89. The summed E-state index contributed by atoms with van der Waals surface area (Å²) in [6.45, 7) is 2.16. The molecule has 1 aromatic carbocycles. The van der Waals surface area contributed by atoms with Crippen molar-refractivity contribution >= 4 is 21.7 Å². The molecule has 2 aliphatic rings. The molecule has 0 N–H and O–H groups in total. The lowest BCUT2D eigenvalue weighted by atomic mass is 10.1. The van der Waals surface area contributed by atoms with E-state index in [1.165, 1.54) is 11.1 Å². The summed E-state index contributed by atoms with van der Waals surface area (Å²) in [4.78, 5) is 26.5. The van der Waals surface area contributed by atoms with Crippen LogP contribution in [0.3, 0.4) is 0 Å². The third-order valence-electron chi connectivity index (χ3n) is 5.38. The number of sulfone groups is 1. The first-order valence-electron chi connectivity index (χ1n) is 9.68. The Kier molecular flexibility index (Phi) is 6.19. The SMILES string of the molecule is CCCCN(C(=O)COC(=O)c1ccc2c(c1)CCC2)C1CCS(=O)(=O)C1. The second kappa shape index (κ2) is 8.42. The van der Waals surface area contributed by atoms with Crippen LogP contribution in [0.25, 0.3) is 0 Å². The first kappa shape index (κ1) is 19.9. The van der Waals surface area contributed by atoms with Gasteiger partial charge in [-0.25, -0.2) is 13.2 Å². The van der Waals surface area contributed by atoms with Crippen molar-refractivity contribution in [1.29, 1.82) is 0 Å². The summed E-state index contributed by atoms with van der Waals surface area (Å²) >= 11 is 0. The average molecular weight is 394 g/mol. The van der Waals surface area contributed by atoms with Crippen LogP contribution in [0.2, 0.25) is 0 Å². The Labute approximate surface area is 160 Å². The van der Waals surface area contributed by atoms with E-state index in [9.17, 15) is 18.0 Å². The minimum atomic E-state index is -3.08. The number of benzene rings is 1. The number of aryl methyl sites for hydroxylation is 2. The Morgan fingerprint density at radius 3 is 2.70 bits per heavy atom. The molecule has 1 atom stereocenters. The minimum Gasteiger partial charge on any atom is -0.452 e. The van der Waals surface area contributed by atoms with Crippen LogP contribution in [0.4, 0.5) is 0 Å². The van der Waals surface area contributed by atoms with Gasteiger partial charge >= 0.3 is 5.97 Å². The largest absolute Gasteiger partial charge is 0.452 e. The molecule has 1 saturated heterocycles. The van der Waals surface area contributed by atoms with Crippen molar-refractivity contribution in [2.24, 2.45) is 0 Å². The maximum atomic E-state index is 12.6. The van der Waals surface area contributed by atoms with Gasteiger partial charge in [-0.2, -0.15) is 0 Å². The molecule has 27 heavy (non-hydrogen) atoms. The summed E-state index contributed by atoms with van der Waals surface area (Å²) in [6, 6.07) is 5.24. The summed E-state index contributed by atoms with van der Waals surface area (Å²) in [7, 11) is -3.08. The Balaban J connectivity index is 1.60. The number of fused-ring (bicyclic) bond motifs is 1. The van der Waals surface area contributed by atoms with Crippen LogP contribution in [-0.2, 0) is 32.2 Å². The van der Waals surface area contributed by atoms with Crippen molar-refractivity contribution in [2.75, 3.05) is 24.7 Å². The fourth-order valence-electron chi connectivity index (χ4n) is 3.85. The molecule has 1 aliphatic heterocycles. The Bertz CT molecular complexity index is 818. The van der Waals surface area contributed by atoms with Gasteiger partial charge in [0, 0.05) is 12.6 Å². The van der Waals surface area contributed by atoms with Gasteiger partial charge in [-0.1, -0.05) is 19.4 Å². The smallest absolute Gasteiger partial charge is 0.338 e. The number of hydrogen-bond acceptors (Lipinski definition) is 5. The monoisotopic (exact) mass is 393 g/mol. The number of ether oxygens (including phenoxy) is 1. The number of rotatable bonds is 7. The molecular weight excluding hydrogens is 366 g/mol. The molecular formula is C20H27NO5S. The van der Waals surface area contributed by atoms with Crippen molar-refractivity contribution in [3.05, 3.63) is 34.9 Å². The molecule has 1 fully saturated rings. The van der Waals surface area contributed by atoms with Crippen LogP contribution in [-0.4, -0.2) is 55.9 Å². The number of carbonyl (C=O) groups is 2. The fraction of sp³-hybridized carbons (Fsp3) is 0.600. The molecule has 1 heterocycles. The normalized spacial score (nSPS) is 20.3. The zero-order valence-corrected chi connectivity index (χ0v) is 16.6. The number of esters is 1. The maximum Gasteiger partial charge on any atom is 0.338 e. The highest BCUT2D eigenvalue weighted by Gasteiger charge is 2.34. The van der Waals surface area contributed by atoms with Crippen molar-refractivity contribution in [2.45, 2.75) is 51.5 Å². The first-order chi connectivity index (χ1) is 12.9. The van der Waals surface area contributed by atoms with Gasteiger partial charge < -0.3 is 9.64 Å². The molecule has 1 aliphatic carbocycles. The van der Waals surface area contributed by atoms with Crippen molar-refractivity contribution in [3.8, 4) is 0 Å². The zero-order valence-electron chi connectivity index (χ0n) is 15.8. The molecule has 1 aromatic rings. The number of amides is 1. The second-order valence-electron chi connectivity index (χ2n) is 7.41. The summed E-state index contributed by atoms with van der Waals surface area (Å²) in [5.74, 6) is -0.712. The van der Waals surface area contributed by atoms with Crippen LogP contribution in [0.5, 0.6) is 0 Å². The van der Waals surface area contributed by atoms with E-state index < -0.39 is 15.8 Å². The lowest BCUT2D eigenvalue weighted by Gasteiger charge is -2.28. The van der Waals surface area contributed by atoms with E-state index in [-0.39, 0.29) is 30.1 Å². The molecule has 3 rings (SSSR count). The topological polar surface area (TPSA) is 80.8 Å². The predicted molar refractivity (Wildman–Crippen MR) is 102 cm³/mol. The fourth-order valence-corrected chi connectivity index (χ4v) is 5.58. The summed E-state index contributed by atoms with van der Waals surface area (Å²) < 4.78 is 28.8. The van der Waals surface area contributed by atoms with E-state index in [0.29, 0.717) is 18.5 Å². The quantitative estimate of drug-likeness (QED) is 0.663. The van der Waals surface area contributed by atoms with Gasteiger partial charge in [0.05, 0.1) is 17.1 Å². The van der Waals surface area contributed by atoms with Crippen molar-refractivity contribution in [1.82, 2.24) is 4.90 Å². The number of nitrogens with zero attached hydrogens (tertiary/aromatic N) is 1. The number of hydrogen-bond donors (Lipinski definition) is 0. The van der Waals surface area contributed by atoms with Crippen LogP contribution >= 0.6 is 0 Å². The van der Waals surface area contributed by atoms with Gasteiger partial charge in [0.15, 0.2) is 16.4 Å². The lowest BCUT2D eigenvalue weighted by Crippen LogP contribution is -2.43. The Morgan fingerprint density at radius 1 is 1.22 bits per heavy atom. The number of carbonyl (C=O) groups excluding carboxylic acids is 2. The maximum absolute atomic E-state index is 12.6. The van der Waals surface area contributed by atoms with Crippen molar-refractivity contribution in [3.63, 3.8) is 0 Å². The van der Waals surface area contributed by atoms with Gasteiger partial charge in [0.2, 0.25) is 0 Å². The van der Waals surface area contributed by atoms with Gasteiger partial charge in [-0.15, -0.1) is 0 Å². The summed E-state index contributed by atoms with van der Waals surface area (Å²) in [5, 5.41) is 0. The molecule has 0 aromatic heterocycles. The highest BCUT2D eigenvalue weighted by molar-refractivity contribution is 7.91. The van der Waals surface area contributed by atoms with E-state index in [4.69, 9.17) is 4.74 Å². The standard InChI is InChI=1S/C20H27NO5S/c1-2-3-10-21(18-9-11-27(24,25)14-18)19(22)13-26-20(23)17-8-7-15-5-4-6-16(15)12-17/h7-8,12,18H,2-6,9-11,13-14H2,1H3. The van der Waals surface area contributed by atoms with E-state index >= 15 is 0 Å². The predicted octanol–water partition coefficient (Wildman–Crippen LogP) is 2.15. The minimum absolute atomic E-state index is 0.00121. The molecule has 0 radical (unpaired) electrons. The highest BCUT2D eigenvalue weighted by Crippen LogP contribution is 2.23. The summed E-state index contributed by atoms with van der Waals surface area (Å²) in [6.07, 6.45) is 5.26. The molecule has 6 nitrogen and oxygen atoms in total. The van der Waals surface area contributed by atoms with E-state index in [0.717, 1.165) is 32.1 Å². The lowest BCUT2D eigenvalue weighted by molar-refractivity contribution is -0.136. The highest BCUT2D eigenvalue weighted by atomic mass is 32.2. The van der Waals surface area contributed by atoms with Crippen LogP contribution in [0, 0.1) is 0 Å². The third kappa shape index (κ3) is 4.89. The first-order valence-corrected chi connectivity index (χ1v) is 11.5. The van der Waals surface area contributed by atoms with Crippen LogP contribution in [0.1, 0.15) is 54.1 Å². The van der Waals surface area contributed by atoms with Gasteiger partial charge in [0.1, 0.15) is 0 Å². The zero-order chi connectivity index (χ0) is 19.4. The van der Waals surface area contributed by atoms with Crippen LogP contribution < -0.4 is 0 Å². The molecule has 1 amide bonds.